The van der Waals surface area contributed by atoms with Crippen molar-refractivity contribution in [3.8, 4) is 0 Å². The normalized spacial score (nSPS) is 12.7. The van der Waals surface area contributed by atoms with Crippen LogP contribution in [0.15, 0.2) is 18.2 Å². The first kappa shape index (κ1) is 12.3. The Bertz CT molecular complexity index is 312. The van der Waals surface area contributed by atoms with E-state index < -0.39 is 0 Å². The van der Waals surface area contributed by atoms with Crippen LogP contribution < -0.4 is 11.1 Å². The molecule has 3 N–H and O–H groups in total. The number of hydrogen-bond acceptors (Lipinski definition) is 2. The van der Waals surface area contributed by atoms with Crippen molar-refractivity contribution in [2.45, 2.75) is 26.8 Å². The highest BCUT2D eigenvalue weighted by atomic mass is 35.5. The lowest BCUT2D eigenvalue weighted by atomic mass is 10.1. The maximum Gasteiger partial charge on any atom is 0.0635 e. The lowest BCUT2D eigenvalue weighted by Gasteiger charge is -2.10. The highest BCUT2D eigenvalue weighted by molar-refractivity contribution is 6.33. The Morgan fingerprint density at radius 2 is 2.20 bits per heavy atom. The fourth-order valence-corrected chi connectivity index (χ4v) is 1.43. The van der Waals surface area contributed by atoms with Gasteiger partial charge in [0.2, 0.25) is 0 Å². The van der Waals surface area contributed by atoms with Crippen molar-refractivity contribution in [2.75, 3.05) is 12.3 Å². The van der Waals surface area contributed by atoms with Crippen LogP contribution >= 0.6 is 11.6 Å². The Balaban J connectivity index is 2.41. The largest absolute Gasteiger partial charge is 0.398 e. The van der Waals surface area contributed by atoms with Crippen molar-refractivity contribution in [2.24, 2.45) is 5.92 Å². The fraction of sp³-hybridized carbons (Fsp3) is 0.500. The lowest BCUT2D eigenvalue weighted by molar-refractivity contribution is 0.500. The molecule has 0 amide bonds. The first-order valence-electron chi connectivity index (χ1n) is 5.38. The molecule has 2 nitrogen and oxygen atoms in total. The molecule has 0 aliphatic rings. The van der Waals surface area contributed by atoms with Crippen molar-refractivity contribution in [1.29, 1.82) is 0 Å². The Hall–Kier alpha value is -0.730. The van der Waals surface area contributed by atoms with Gasteiger partial charge in [0.15, 0.2) is 0 Å². The summed E-state index contributed by atoms with van der Waals surface area (Å²) in [5.74, 6) is 0.717. The zero-order valence-electron chi connectivity index (χ0n) is 9.39. The fourth-order valence-electron chi connectivity index (χ4n) is 1.31. The molecule has 0 aliphatic heterocycles. The first-order chi connectivity index (χ1) is 7.13. The highest BCUT2D eigenvalue weighted by Crippen LogP contribution is 2.19. The number of anilines is 1. The molecular weight excluding hydrogens is 208 g/mol. The molecule has 1 rings (SSSR count). The number of halogens is 1. The van der Waals surface area contributed by atoms with Crippen LogP contribution in [-0.2, 0) is 6.54 Å². The van der Waals surface area contributed by atoms with Gasteiger partial charge in [-0.25, -0.2) is 0 Å². The molecule has 3 heteroatoms. The lowest BCUT2D eigenvalue weighted by Crippen LogP contribution is -2.20. The third kappa shape index (κ3) is 4.10. The molecule has 15 heavy (non-hydrogen) atoms. The van der Waals surface area contributed by atoms with E-state index in [9.17, 15) is 0 Å². The Labute approximate surface area is 96.8 Å². The molecule has 1 atom stereocenters. The molecule has 0 radical (unpaired) electrons. The minimum atomic E-state index is 0.626. The summed E-state index contributed by atoms with van der Waals surface area (Å²) in [4.78, 5) is 0. The second-order valence-corrected chi connectivity index (χ2v) is 4.41. The maximum absolute atomic E-state index is 5.84. The van der Waals surface area contributed by atoms with E-state index in [1.54, 1.807) is 0 Å². The van der Waals surface area contributed by atoms with Gasteiger partial charge < -0.3 is 11.1 Å². The van der Waals surface area contributed by atoms with Gasteiger partial charge >= 0.3 is 0 Å². The van der Waals surface area contributed by atoms with E-state index >= 15 is 0 Å². The van der Waals surface area contributed by atoms with Gasteiger partial charge in [-0.3, -0.25) is 0 Å². The number of nitrogens with two attached hydrogens (primary N) is 1. The van der Waals surface area contributed by atoms with Gasteiger partial charge in [0.1, 0.15) is 0 Å². The number of hydrogen-bond donors (Lipinski definition) is 2. The average Bonchev–Trinajstić information content (AvgIpc) is 2.23. The van der Waals surface area contributed by atoms with Crippen molar-refractivity contribution < 1.29 is 0 Å². The van der Waals surface area contributed by atoms with E-state index in [0.29, 0.717) is 10.7 Å². The van der Waals surface area contributed by atoms with Crippen LogP contribution in [0.2, 0.25) is 5.02 Å². The van der Waals surface area contributed by atoms with Crippen molar-refractivity contribution in [3.63, 3.8) is 0 Å². The topological polar surface area (TPSA) is 38.0 Å². The summed E-state index contributed by atoms with van der Waals surface area (Å²) in [6.07, 6.45) is 1.20. The Morgan fingerprint density at radius 3 is 2.80 bits per heavy atom. The summed E-state index contributed by atoms with van der Waals surface area (Å²) < 4.78 is 0. The van der Waals surface area contributed by atoms with Gasteiger partial charge in [-0.1, -0.05) is 37.9 Å². The molecule has 0 spiro atoms. The predicted octanol–water partition coefficient (Wildman–Crippen LogP) is 3.06. The van der Waals surface area contributed by atoms with Crippen LogP contribution in [0, 0.1) is 5.92 Å². The Kier molecular flexibility index (Phi) is 4.92. The smallest absolute Gasteiger partial charge is 0.0635 e. The van der Waals surface area contributed by atoms with E-state index in [1.807, 2.05) is 18.2 Å². The highest BCUT2D eigenvalue weighted by Gasteiger charge is 2.00. The van der Waals surface area contributed by atoms with Gasteiger partial charge in [-0.2, -0.15) is 0 Å². The minimum absolute atomic E-state index is 0.626. The molecule has 0 aromatic heterocycles. The van der Waals surface area contributed by atoms with Crippen LogP contribution in [0.1, 0.15) is 25.8 Å². The zero-order chi connectivity index (χ0) is 11.3. The monoisotopic (exact) mass is 226 g/mol. The van der Waals surface area contributed by atoms with E-state index in [0.717, 1.165) is 19.0 Å². The molecule has 0 fully saturated rings. The molecule has 1 aromatic carbocycles. The second-order valence-electron chi connectivity index (χ2n) is 4.00. The van der Waals surface area contributed by atoms with E-state index in [2.05, 4.69) is 19.2 Å². The number of nitrogens with one attached hydrogen (secondary N) is 1. The van der Waals surface area contributed by atoms with Gasteiger partial charge in [0.25, 0.3) is 0 Å². The van der Waals surface area contributed by atoms with Gasteiger partial charge in [0.05, 0.1) is 10.7 Å². The number of benzene rings is 1. The summed E-state index contributed by atoms with van der Waals surface area (Å²) in [5, 5.41) is 4.03. The minimum Gasteiger partial charge on any atom is -0.398 e. The maximum atomic E-state index is 5.84. The molecule has 0 saturated carbocycles. The van der Waals surface area contributed by atoms with Crippen LogP contribution in [0.3, 0.4) is 0 Å². The summed E-state index contributed by atoms with van der Waals surface area (Å²) in [5.41, 5.74) is 7.55. The summed E-state index contributed by atoms with van der Waals surface area (Å²) >= 11 is 5.84. The van der Waals surface area contributed by atoms with Crippen molar-refractivity contribution >= 4 is 17.3 Å². The van der Waals surface area contributed by atoms with Crippen LogP contribution in [0.5, 0.6) is 0 Å². The summed E-state index contributed by atoms with van der Waals surface area (Å²) in [6, 6.07) is 5.77. The molecule has 0 heterocycles. The van der Waals surface area contributed by atoms with E-state index in [4.69, 9.17) is 17.3 Å². The molecule has 0 aliphatic carbocycles. The van der Waals surface area contributed by atoms with Crippen LogP contribution in [0.4, 0.5) is 5.69 Å². The number of rotatable bonds is 5. The van der Waals surface area contributed by atoms with Gasteiger partial charge in [-0.15, -0.1) is 0 Å². The van der Waals surface area contributed by atoms with Crippen molar-refractivity contribution in [3.05, 3.63) is 28.8 Å². The average molecular weight is 227 g/mol. The molecular formula is C12H19ClN2. The third-order valence-corrected chi connectivity index (χ3v) is 2.92. The SMILES string of the molecule is CCC(C)CNCc1ccc(Cl)c(N)c1. The summed E-state index contributed by atoms with van der Waals surface area (Å²) in [6.45, 7) is 6.33. The quantitative estimate of drug-likeness (QED) is 0.758. The van der Waals surface area contributed by atoms with Crippen LogP contribution in [0.25, 0.3) is 0 Å². The molecule has 0 bridgehead atoms. The van der Waals surface area contributed by atoms with E-state index in [-0.39, 0.29) is 0 Å². The zero-order valence-corrected chi connectivity index (χ0v) is 10.1. The molecule has 1 unspecified atom stereocenters. The number of nitrogen functional groups attached to an aromatic ring is 1. The van der Waals surface area contributed by atoms with Crippen molar-refractivity contribution in [1.82, 2.24) is 5.32 Å². The molecule has 1 aromatic rings. The van der Waals surface area contributed by atoms with Gasteiger partial charge in [0, 0.05) is 6.54 Å². The summed E-state index contributed by atoms with van der Waals surface area (Å²) in [7, 11) is 0. The molecule has 0 saturated heterocycles. The Morgan fingerprint density at radius 1 is 1.47 bits per heavy atom. The van der Waals surface area contributed by atoms with E-state index in [1.165, 1.54) is 12.0 Å². The first-order valence-corrected chi connectivity index (χ1v) is 5.76. The molecule has 84 valence electrons. The standard InChI is InChI=1S/C12H19ClN2/c1-3-9(2)7-15-8-10-4-5-11(13)12(14)6-10/h4-6,9,15H,3,7-8,14H2,1-2H3. The van der Waals surface area contributed by atoms with Crippen LogP contribution in [-0.4, -0.2) is 6.54 Å². The van der Waals surface area contributed by atoms with Gasteiger partial charge in [-0.05, 0) is 30.2 Å². The predicted molar refractivity (Wildman–Crippen MR) is 67.0 cm³/mol. The second kappa shape index (κ2) is 5.99. The third-order valence-electron chi connectivity index (χ3n) is 2.58.